The molecule has 2 heteroatoms. The van der Waals surface area contributed by atoms with Crippen LogP contribution in [0, 0.1) is 5.82 Å². The maximum Gasteiger partial charge on any atom is 0.127 e. The predicted octanol–water partition coefficient (Wildman–Crippen LogP) is 4.24. The van der Waals surface area contributed by atoms with Gasteiger partial charge in [0, 0.05) is 17.6 Å². The van der Waals surface area contributed by atoms with Crippen molar-refractivity contribution in [2.45, 2.75) is 25.9 Å². The van der Waals surface area contributed by atoms with Crippen LogP contribution in [0.25, 0.3) is 0 Å². The smallest absolute Gasteiger partial charge is 0.127 e. The summed E-state index contributed by atoms with van der Waals surface area (Å²) in [5, 5.41) is 3.41. The van der Waals surface area contributed by atoms with Crippen LogP contribution in [0.1, 0.15) is 37.1 Å². The monoisotopic (exact) mass is 243 g/mol. The molecule has 0 radical (unpaired) electrons. The molecule has 0 aliphatic heterocycles. The van der Waals surface area contributed by atoms with Crippen molar-refractivity contribution in [1.29, 1.82) is 0 Å². The molecule has 0 spiro atoms. The van der Waals surface area contributed by atoms with Gasteiger partial charge in [0.15, 0.2) is 0 Å². The maximum atomic E-state index is 13.7. The van der Waals surface area contributed by atoms with E-state index < -0.39 is 0 Å². The van der Waals surface area contributed by atoms with Gasteiger partial charge in [-0.1, -0.05) is 48.5 Å². The predicted molar refractivity (Wildman–Crippen MR) is 72.8 cm³/mol. The molecule has 2 aromatic rings. The largest absolute Gasteiger partial charge is 0.304 e. The Morgan fingerprint density at radius 3 is 2.11 bits per heavy atom. The number of nitrogens with one attached hydrogen (secondary N) is 1. The summed E-state index contributed by atoms with van der Waals surface area (Å²) in [5.74, 6) is -0.155. The van der Waals surface area contributed by atoms with E-state index in [4.69, 9.17) is 0 Å². The van der Waals surface area contributed by atoms with Crippen LogP contribution in [0.2, 0.25) is 0 Å². The van der Waals surface area contributed by atoms with Crippen molar-refractivity contribution in [3.63, 3.8) is 0 Å². The first-order valence-electron chi connectivity index (χ1n) is 6.24. The molecule has 2 aromatic carbocycles. The van der Waals surface area contributed by atoms with E-state index >= 15 is 0 Å². The van der Waals surface area contributed by atoms with Gasteiger partial charge in [0.05, 0.1) is 0 Å². The van der Waals surface area contributed by atoms with Crippen LogP contribution in [0.4, 0.5) is 4.39 Å². The zero-order valence-electron chi connectivity index (χ0n) is 10.7. The van der Waals surface area contributed by atoms with Crippen molar-refractivity contribution in [3.8, 4) is 0 Å². The van der Waals surface area contributed by atoms with E-state index in [9.17, 15) is 4.39 Å². The fourth-order valence-corrected chi connectivity index (χ4v) is 2.13. The lowest BCUT2D eigenvalue weighted by Gasteiger charge is -2.21. The second kappa shape index (κ2) is 5.78. The molecule has 0 amide bonds. The van der Waals surface area contributed by atoms with E-state index in [2.05, 4.69) is 24.4 Å². The lowest BCUT2D eigenvalue weighted by molar-refractivity contribution is 0.474. The number of halogens is 1. The van der Waals surface area contributed by atoms with Crippen LogP contribution >= 0.6 is 0 Å². The second-order valence-electron chi connectivity index (χ2n) is 4.54. The van der Waals surface area contributed by atoms with E-state index in [1.165, 1.54) is 11.6 Å². The Labute approximate surface area is 108 Å². The molecule has 1 unspecified atom stereocenters. The van der Waals surface area contributed by atoms with Gasteiger partial charge in [0.2, 0.25) is 0 Å². The Morgan fingerprint density at radius 2 is 1.44 bits per heavy atom. The van der Waals surface area contributed by atoms with Crippen molar-refractivity contribution in [2.24, 2.45) is 0 Å². The Hall–Kier alpha value is -1.67. The SMILES string of the molecule is CC(N[C@H](C)c1ccccc1F)c1ccccc1. The summed E-state index contributed by atoms with van der Waals surface area (Å²) in [7, 11) is 0. The molecule has 18 heavy (non-hydrogen) atoms. The van der Waals surface area contributed by atoms with Crippen molar-refractivity contribution in [2.75, 3.05) is 0 Å². The maximum absolute atomic E-state index is 13.7. The van der Waals surface area contributed by atoms with Gasteiger partial charge in [0.1, 0.15) is 5.82 Å². The average molecular weight is 243 g/mol. The van der Waals surface area contributed by atoms with Crippen molar-refractivity contribution in [3.05, 3.63) is 71.5 Å². The summed E-state index contributed by atoms with van der Waals surface area (Å²) >= 11 is 0. The number of hydrogen-bond acceptors (Lipinski definition) is 1. The molecule has 94 valence electrons. The highest BCUT2D eigenvalue weighted by Crippen LogP contribution is 2.21. The topological polar surface area (TPSA) is 12.0 Å². The van der Waals surface area contributed by atoms with Crippen molar-refractivity contribution < 1.29 is 4.39 Å². The van der Waals surface area contributed by atoms with Crippen LogP contribution in [0.15, 0.2) is 54.6 Å². The van der Waals surface area contributed by atoms with Gasteiger partial charge in [-0.3, -0.25) is 0 Å². The van der Waals surface area contributed by atoms with E-state index in [-0.39, 0.29) is 17.9 Å². The zero-order chi connectivity index (χ0) is 13.0. The fourth-order valence-electron chi connectivity index (χ4n) is 2.13. The number of rotatable bonds is 4. The summed E-state index contributed by atoms with van der Waals surface area (Å²) in [6.45, 7) is 4.07. The Bertz CT molecular complexity index is 495. The Kier molecular flexibility index (Phi) is 4.11. The molecule has 0 saturated heterocycles. The highest BCUT2D eigenvalue weighted by atomic mass is 19.1. The average Bonchev–Trinajstić information content (AvgIpc) is 2.40. The first-order chi connectivity index (χ1) is 8.68. The molecule has 0 fully saturated rings. The lowest BCUT2D eigenvalue weighted by Crippen LogP contribution is -2.23. The summed E-state index contributed by atoms with van der Waals surface area (Å²) in [6.07, 6.45) is 0. The third kappa shape index (κ3) is 2.96. The molecule has 1 nitrogen and oxygen atoms in total. The van der Waals surface area contributed by atoms with Gasteiger partial charge in [-0.15, -0.1) is 0 Å². The third-order valence-corrected chi connectivity index (χ3v) is 3.17. The summed E-state index contributed by atoms with van der Waals surface area (Å²) in [4.78, 5) is 0. The summed E-state index contributed by atoms with van der Waals surface area (Å²) < 4.78 is 13.7. The minimum atomic E-state index is -0.155. The molecule has 2 rings (SSSR count). The van der Waals surface area contributed by atoms with Crippen LogP contribution < -0.4 is 5.32 Å². The van der Waals surface area contributed by atoms with Gasteiger partial charge in [-0.25, -0.2) is 4.39 Å². The van der Waals surface area contributed by atoms with E-state index in [1.54, 1.807) is 6.07 Å². The van der Waals surface area contributed by atoms with Crippen molar-refractivity contribution >= 4 is 0 Å². The lowest BCUT2D eigenvalue weighted by atomic mass is 10.0. The highest BCUT2D eigenvalue weighted by molar-refractivity contribution is 5.22. The standard InChI is InChI=1S/C16H18FN/c1-12(14-8-4-3-5-9-14)18-13(2)15-10-6-7-11-16(15)17/h3-13,18H,1-2H3/t12?,13-/m1/s1. The third-order valence-electron chi connectivity index (χ3n) is 3.17. The van der Waals surface area contributed by atoms with Gasteiger partial charge >= 0.3 is 0 Å². The highest BCUT2D eigenvalue weighted by Gasteiger charge is 2.13. The molecule has 1 N–H and O–H groups in total. The molecular weight excluding hydrogens is 225 g/mol. The zero-order valence-corrected chi connectivity index (χ0v) is 10.7. The minimum absolute atomic E-state index is 0.0126. The molecule has 0 bridgehead atoms. The minimum Gasteiger partial charge on any atom is -0.304 e. The van der Waals surface area contributed by atoms with Crippen LogP contribution in [-0.4, -0.2) is 0 Å². The van der Waals surface area contributed by atoms with Crippen LogP contribution in [-0.2, 0) is 0 Å². The molecule has 2 atom stereocenters. The molecule has 0 heterocycles. The number of benzene rings is 2. The number of hydrogen-bond donors (Lipinski definition) is 1. The molecule has 0 aliphatic carbocycles. The van der Waals surface area contributed by atoms with Gasteiger partial charge in [-0.2, -0.15) is 0 Å². The van der Waals surface area contributed by atoms with E-state index in [1.807, 2.05) is 37.3 Å². The van der Waals surface area contributed by atoms with Gasteiger partial charge in [-0.05, 0) is 25.5 Å². The summed E-state index contributed by atoms with van der Waals surface area (Å²) in [6, 6.07) is 17.3. The fraction of sp³-hybridized carbons (Fsp3) is 0.250. The molecule has 0 saturated carbocycles. The van der Waals surface area contributed by atoms with Crippen LogP contribution in [0.5, 0.6) is 0 Å². The summed E-state index contributed by atoms with van der Waals surface area (Å²) in [5.41, 5.74) is 1.92. The molecule has 0 aliphatic rings. The van der Waals surface area contributed by atoms with Gasteiger partial charge < -0.3 is 5.32 Å². The first-order valence-corrected chi connectivity index (χ1v) is 6.24. The van der Waals surface area contributed by atoms with Gasteiger partial charge in [0.25, 0.3) is 0 Å². The van der Waals surface area contributed by atoms with Crippen molar-refractivity contribution in [1.82, 2.24) is 5.32 Å². The van der Waals surface area contributed by atoms with E-state index in [0.29, 0.717) is 5.56 Å². The quantitative estimate of drug-likeness (QED) is 0.847. The Balaban J connectivity index is 2.08. The van der Waals surface area contributed by atoms with Crippen LogP contribution in [0.3, 0.4) is 0 Å². The van der Waals surface area contributed by atoms with E-state index in [0.717, 1.165) is 0 Å². The molecular formula is C16H18FN. The first kappa shape index (κ1) is 12.8. The molecule has 0 aromatic heterocycles. The Morgan fingerprint density at radius 1 is 0.833 bits per heavy atom. The normalized spacial score (nSPS) is 14.2. The second-order valence-corrected chi connectivity index (χ2v) is 4.54.